The molecule has 2 aromatic carbocycles. The number of nitrogens with one attached hydrogen (secondary N) is 1. The average molecular weight is 393 g/mol. The number of nitrogens with two attached hydrogens (primary N) is 1. The molecule has 3 aromatic rings. The summed E-state index contributed by atoms with van der Waals surface area (Å²) in [6.45, 7) is 1.58. The van der Waals surface area contributed by atoms with Crippen LogP contribution in [0.1, 0.15) is 6.92 Å². The number of nitrogens with zero attached hydrogens (tertiary/aromatic N) is 3. The molecule has 10 heteroatoms. The van der Waals surface area contributed by atoms with E-state index < -0.39 is 28.6 Å². The highest BCUT2D eigenvalue weighted by atomic mass is 32.2. The molecule has 0 aliphatic carbocycles. The Balaban J connectivity index is 1.71. The molecule has 3 N–H and O–H groups in total. The zero-order valence-electron chi connectivity index (χ0n) is 14.0. The Hall–Kier alpha value is -3.01. The zero-order valence-corrected chi connectivity index (χ0v) is 14.8. The molecule has 0 aliphatic heterocycles. The predicted molar refractivity (Wildman–Crippen MR) is 95.9 cm³/mol. The van der Waals surface area contributed by atoms with Crippen molar-refractivity contribution in [3.63, 3.8) is 0 Å². The molecule has 1 atom stereocenters. The average Bonchev–Trinajstić information content (AvgIpc) is 2.98. The van der Waals surface area contributed by atoms with Gasteiger partial charge in [0.2, 0.25) is 11.1 Å². The number of nitrogen functional groups attached to an aromatic ring is 1. The van der Waals surface area contributed by atoms with Crippen molar-refractivity contribution in [2.45, 2.75) is 17.3 Å². The Labute approximate surface area is 156 Å². The fourth-order valence-corrected chi connectivity index (χ4v) is 2.96. The first-order chi connectivity index (χ1) is 12.8. The molecule has 140 valence electrons. The van der Waals surface area contributed by atoms with Crippen LogP contribution in [0.15, 0.2) is 47.6 Å². The van der Waals surface area contributed by atoms with Gasteiger partial charge in [-0.3, -0.25) is 4.79 Å². The van der Waals surface area contributed by atoms with Gasteiger partial charge in [-0.1, -0.05) is 11.8 Å². The summed E-state index contributed by atoms with van der Waals surface area (Å²) < 4.78 is 40.8. The van der Waals surface area contributed by atoms with Gasteiger partial charge in [0, 0.05) is 11.6 Å². The molecule has 0 saturated carbocycles. The lowest BCUT2D eigenvalue weighted by Crippen LogP contribution is -2.24. The van der Waals surface area contributed by atoms with E-state index in [1.807, 2.05) is 0 Å². The lowest BCUT2D eigenvalue weighted by atomic mass is 10.2. The lowest BCUT2D eigenvalue weighted by molar-refractivity contribution is -0.115. The molecule has 27 heavy (non-hydrogen) atoms. The molecule has 0 unspecified atom stereocenters. The predicted octanol–water partition coefficient (Wildman–Crippen LogP) is 3.20. The Morgan fingerprint density at radius 1 is 1.11 bits per heavy atom. The fourth-order valence-electron chi connectivity index (χ4n) is 2.19. The second-order valence-electron chi connectivity index (χ2n) is 5.56. The van der Waals surface area contributed by atoms with E-state index in [0.717, 1.165) is 23.9 Å². The van der Waals surface area contributed by atoms with E-state index >= 15 is 0 Å². The van der Waals surface area contributed by atoms with Crippen LogP contribution in [0.5, 0.6) is 0 Å². The van der Waals surface area contributed by atoms with E-state index in [-0.39, 0.29) is 10.8 Å². The van der Waals surface area contributed by atoms with Gasteiger partial charge in [-0.25, -0.2) is 17.8 Å². The van der Waals surface area contributed by atoms with Gasteiger partial charge in [-0.15, -0.1) is 10.2 Å². The topological polar surface area (TPSA) is 85.8 Å². The van der Waals surface area contributed by atoms with E-state index in [1.54, 1.807) is 6.92 Å². The maximum absolute atomic E-state index is 13.6. The summed E-state index contributed by atoms with van der Waals surface area (Å²) in [6.07, 6.45) is 0. The van der Waals surface area contributed by atoms with Gasteiger partial charge in [-0.2, -0.15) is 0 Å². The van der Waals surface area contributed by atoms with Gasteiger partial charge in [0.1, 0.15) is 17.5 Å². The van der Waals surface area contributed by atoms with Crippen molar-refractivity contribution < 1.29 is 18.0 Å². The number of hydrogen-bond donors (Lipinski definition) is 2. The SMILES string of the molecule is C[C@H](Sc1nnc(-c2ccc(F)cc2)n1N)C(=O)Nc1ccc(F)cc1F. The summed E-state index contributed by atoms with van der Waals surface area (Å²) in [5.74, 6) is 3.74. The number of benzene rings is 2. The Morgan fingerprint density at radius 2 is 1.78 bits per heavy atom. The Kier molecular flexibility index (Phi) is 5.36. The van der Waals surface area contributed by atoms with E-state index in [9.17, 15) is 18.0 Å². The molecular weight excluding hydrogens is 379 g/mol. The van der Waals surface area contributed by atoms with Crippen LogP contribution >= 0.6 is 11.8 Å². The molecule has 3 rings (SSSR count). The monoisotopic (exact) mass is 393 g/mol. The van der Waals surface area contributed by atoms with Crippen molar-refractivity contribution in [3.05, 3.63) is 59.9 Å². The summed E-state index contributed by atoms with van der Waals surface area (Å²) in [6, 6.07) is 8.41. The van der Waals surface area contributed by atoms with Crippen LogP contribution in [0.2, 0.25) is 0 Å². The van der Waals surface area contributed by atoms with Crippen molar-refractivity contribution >= 4 is 23.4 Å². The third-order valence-corrected chi connectivity index (χ3v) is 4.66. The van der Waals surface area contributed by atoms with Crippen LogP contribution in [0, 0.1) is 17.5 Å². The summed E-state index contributed by atoms with van der Waals surface area (Å²) in [5.41, 5.74) is 0.429. The van der Waals surface area contributed by atoms with Gasteiger partial charge in [-0.05, 0) is 43.3 Å². The number of amides is 1. The summed E-state index contributed by atoms with van der Waals surface area (Å²) in [5, 5.41) is 9.81. The number of anilines is 1. The molecule has 0 saturated heterocycles. The smallest absolute Gasteiger partial charge is 0.237 e. The minimum absolute atomic E-state index is 0.130. The van der Waals surface area contributed by atoms with Crippen molar-refractivity contribution in [2.24, 2.45) is 0 Å². The van der Waals surface area contributed by atoms with E-state index in [0.29, 0.717) is 17.5 Å². The molecule has 0 spiro atoms. The molecule has 1 amide bonds. The van der Waals surface area contributed by atoms with Gasteiger partial charge < -0.3 is 11.2 Å². The number of carbonyl (C=O) groups excluding carboxylic acids is 1. The number of aromatic nitrogens is 3. The lowest BCUT2D eigenvalue weighted by Gasteiger charge is -2.12. The van der Waals surface area contributed by atoms with Gasteiger partial charge in [0.15, 0.2) is 5.82 Å². The molecule has 0 aliphatic rings. The standard InChI is InChI=1S/C17H14F3N5OS/c1-9(16(26)22-14-7-6-12(19)8-13(14)20)27-17-24-23-15(25(17)21)10-2-4-11(18)5-3-10/h2-9H,21H2,1H3,(H,22,26)/t9-/m0/s1. The van der Waals surface area contributed by atoms with Crippen molar-refractivity contribution in [1.82, 2.24) is 14.9 Å². The Bertz CT molecular complexity index is 977. The third kappa shape index (κ3) is 4.22. The number of carbonyl (C=O) groups is 1. The van der Waals surface area contributed by atoms with Crippen LogP contribution in [-0.2, 0) is 4.79 Å². The maximum Gasteiger partial charge on any atom is 0.237 e. The number of hydrogen-bond acceptors (Lipinski definition) is 5. The summed E-state index contributed by atoms with van der Waals surface area (Å²) in [4.78, 5) is 12.2. The molecule has 1 heterocycles. The molecule has 1 aromatic heterocycles. The first kappa shape index (κ1) is 18.8. The molecular formula is C17H14F3N5OS. The Morgan fingerprint density at radius 3 is 2.44 bits per heavy atom. The fraction of sp³-hybridized carbons (Fsp3) is 0.118. The first-order valence-corrected chi connectivity index (χ1v) is 8.62. The number of rotatable bonds is 5. The highest BCUT2D eigenvalue weighted by molar-refractivity contribution is 8.00. The van der Waals surface area contributed by atoms with Crippen LogP contribution in [-0.4, -0.2) is 26.0 Å². The highest BCUT2D eigenvalue weighted by Crippen LogP contribution is 2.26. The normalized spacial score (nSPS) is 12.0. The van der Waals surface area contributed by atoms with E-state index in [2.05, 4.69) is 15.5 Å². The second kappa shape index (κ2) is 7.70. The van der Waals surface area contributed by atoms with Crippen molar-refractivity contribution in [2.75, 3.05) is 11.2 Å². The van der Waals surface area contributed by atoms with Crippen LogP contribution < -0.4 is 11.2 Å². The van der Waals surface area contributed by atoms with Gasteiger partial charge in [0.05, 0.1) is 10.9 Å². The van der Waals surface area contributed by atoms with Gasteiger partial charge in [0.25, 0.3) is 0 Å². The van der Waals surface area contributed by atoms with Crippen LogP contribution in [0.3, 0.4) is 0 Å². The van der Waals surface area contributed by atoms with Crippen LogP contribution in [0.4, 0.5) is 18.9 Å². The molecule has 0 bridgehead atoms. The van der Waals surface area contributed by atoms with Crippen LogP contribution in [0.25, 0.3) is 11.4 Å². The minimum atomic E-state index is -0.874. The van der Waals surface area contributed by atoms with E-state index in [1.165, 1.54) is 28.9 Å². The second-order valence-corrected chi connectivity index (χ2v) is 6.86. The van der Waals surface area contributed by atoms with Crippen molar-refractivity contribution in [1.29, 1.82) is 0 Å². The first-order valence-electron chi connectivity index (χ1n) is 7.74. The molecule has 0 radical (unpaired) electrons. The largest absolute Gasteiger partial charge is 0.335 e. The van der Waals surface area contributed by atoms with Gasteiger partial charge >= 0.3 is 0 Å². The number of halogens is 3. The maximum atomic E-state index is 13.6. The minimum Gasteiger partial charge on any atom is -0.335 e. The summed E-state index contributed by atoms with van der Waals surface area (Å²) >= 11 is 1.01. The summed E-state index contributed by atoms with van der Waals surface area (Å²) in [7, 11) is 0. The quantitative estimate of drug-likeness (QED) is 0.514. The third-order valence-electron chi connectivity index (χ3n) is 3.61. The van der Waals surface area contributed by atoms with Crippen molar-refractivity contribution in [3.8, 4) is 11.4 Å². The molecule has 0 fully saturated rings. The zero-order chi connectivity index (χ0) is 19.6. The number of thioether (sulfide) groups is 1. The van der Waals surface area contributed by atoms with E-state index in [4.69, 9.17) is 5.84 Å². The highest BCUT2D eigenvalue weighted by Gasteiger charge is 2.21. The molecule has 6 nitrogen and oxygen atoms in total.